The van der Waals surface area contributed by atoms with Crippen molar-refractivity contribution in [3.05, 3.63) is 17.5 Å². The number of nitrogens with one attached hydrogen (secondary N) is 1. The average molecular weight is 319 g/mol. The summed E-state index contributed by atoms with van der Waals surface area (Å²) in [7, 11) is 3.84. The van der Waals surface area contributed by atoms with Gasteiger partial charge in [0, 0.05) is 39.3 Å². The Morgan fingerprint density at radius 2 is 2.00 bits per heavy atom. The van der Waals surface area contributed by atoms with Gasteiger partial charge in [0.15, 0.2) is 0 Å². The number of hydrogen-bond donors (Lipinski definition) is 1. The van der Waals surface area contributed by atoms with Crippen molar-refractivity contribution >= 4 is 11.9 Å². The molecule has 7 heteroatoms. The van der Waals surface area contributed by atoms with Crippen molar-refractivity contribution in [3.63, 3.8) is 0 Å². The van der Waals surface area contributed by atoms with E-state index in [1.165, 1.54) is 0 Å². The smallest absolute Gasteiger partial charge is 0.257 e. The lowest BCUT2D eigenvalue weighted by Gasteiger charge is -2.29. The Morgan fingerprint density at radius 3 is 2.65 bits per heavy atom. The van der Waals surface area contributed by atoms with Crippen molar-refractivity contribution in [1.82, 2.24) is 20.2 Å². The molecule has 126 valence electrons. The molecule has 2 fully saturated rings. The van der Waals surface area contributed by atoms with Crippen molar-refractivity contribution in [3.8, 4) is 0 Å². The van der Waals surface area contributed by atoms with E-state index >= 15 is 0 Å². The molecule has 0 unspecified atom stereocenters. The second kappa shape index (κ2) is 7.23. The number of carbonyl (C=O) groups is 1. The number of piperidine rings is 1. The summed E-state index contributed by atoms with van der Waals surface area (Å²) in [6.07, 6.45) is 3.72. The molecule has 2 aliphatic heterocycles. The number of morpholine rings is 1. The second-order valence-corrected chi connectivity index (χ2v) is 6.29. The molecule has 1 aromatic heterocycles. The number of amides is 1. The number of ether oxygens (including phenoxy) is 1. The summed E-state index contributed by atoms with van der Waals surface area (Å²) in [6.45, 7) is 4.42. The summed E-state index contributed by atoms with van der Waals surface area (Å²) < 4.78 is 5.34. The van der Waals surface area contributed by atoms with Crippen LogP contribution in [0.15, 0.2) is 6.20 Å². The van der Waals surface area contributed by atoms with Crippen LogP contribution in [0.5, 0.6) is 0 Å². The van der Waals surface area contributed by atoms with Gasteiger partial charge in [-0.1, -0.05) is 0 Å². The number of anilines is 1. The molecule has 3 heterocycles. The van der Waals surface area contributed by atoms with Crippen LogP contribution in [0.25, 0.3) is 0 Å². The lowest BCUT2D eigenvalue weighted by Crippen LogP contribution is -2.41. The third kappa shape index (κ3) is 3.61. The number of hydrogen-bond acceptors (Lipinski definition) is 6. The summed E-state index contributed by atoms with van der Waals surface area (Å²) in [4.78, 5) is 25.7. The molecule has 2 saturated heterocycles. The van der Waals surface area contributed by atoms with Gasteiger partial charge in [-0.15, -0.1) is 0 Å². The molecule has 0 saturated carbocycles. The van der Waals surface area contributed by atoms with Gasteiger partial charge in [0.25, 0.3) is 5.91 Å². The highest BCUT2D eigenvalue weighted by atomic mass is 16.5. The third-order valence-corrected chi connectivity index (χ3v) is 4.46. The number of carbonyl (C=O) groups excluding carboxylic acids is 1. The quantitative estimate of drug-likeness (QED) is 0.874. The van der Waals surface area contributed by atoms with Gasteiger partial charge in [-0.25, -0.2) is 9.97 Å². The summed E-state index contributed by atoms with van der Waals surface area (Å²) in [5.41, 5.74) is 1.56. The van der Waals surface area contributed by atoms with Gasteiger partial charge < -0.3 is 19.9 Å². The van der Waals surface area contributed by atoms with Crippen LogP contribution < -0.4 is 10.2 Å². The van der Waals surface area contributed by atoms with Gasteiger partial charge >= 0.3 is 0 Å². The molecule has 2 aliphatic rings. The topological polar surface area (TPSA) is 70.6 Å². The Labute approximate surface area is 137 Å². The van der Waals surface area contributed by atoms with Crippen molar-refractivity contribution in [2.75, 3.05) is 58.4 Å². The molecule has 0 aromatic carbocycles. The van der Waals surface area contributed by atoms with Crippen molar-refractivity contribution in [1.29, 1.82) is 0 Å². The van der Waals surface area contributed by atoms with Crippen LogP contribution in [-0.4, -0.2) is 74.3 Å². The summed E-state index contributed by atoms with van der Waals surface area (Å²) >= 11 is 0. The fourth-order valence-corrected chi connectivity index (χ4v) is 3.11. The molecular formula is C16H25N5O2. The van der Waals surface area contributed by atoms with Crippen molar-refractivity contribution in [2.45, 2.75) is 18.8 Å². The predicted molar refractivity (Wildman–Crippen MR) is 87.9 cm³/mol. The molecular weight excluding hydrogens is 294 g/mol. The van der Waals surface area contributed by atoms with E-state index in [-0.39, 0.29) is 5.91 Å². The minimum Gasteiger partial charge on any atom is -0.378 e. The summed E-state index contributed by atoms with van der Waals surface area (Å²) in [5.74, 6) is 1.02. The summed E-state index contributed by atoms with van der Waals surface area (Å²) in [6, 6.07) is 0. The van der Waals surface area contributed by atoms with Crippen LogP contribution in [0.1, 0.15) is 34.8 Å². The Hall–Kier alpha value is -1.73. The van der Waals surface area contributed by atoms with Crippen LogP contribution in [0, 0.1) is 0 Å². The molecule has 7 nitrogen and oxygen atoms in total. The first-order chi connectivity index (χ1) is 11.2. The average Bonchev–Trinajstić information content (AvgIpc) is 2.62. The highest BCUT2D eigenvalue weighted by molar-refractivity contribution is 5.95. The van der Waals surface area contributed by atoms with E-state index < -0.39 is 0 Å². The van der Waals surface area contributed by atoms with E-state index in [0.29, 0.717) is 43.7 Å². The zero-order valence-electron chi connectivity index (χ0n) is 13.9. The normalized spacial score (nSPS) is 19.7. The minimum atomic E-state index is 0.0344. The standard InChI is InChI=1S/C16H25N5O2/c1-20(2)16-18-11-13(15(22)21-7-9-23-10-8-21)14(19-16)12-3-5-17-6-4-12/h11-12,17H,3-10H2,1-2H3. The Bertz CT molecular complexity index is 551. The van der Waals surface area contributed by atoms with E-state index in [1.54, 1.807) is 6.20 Å². The molecule has 23 heavy (non-hydrogen) atoms. The van der Waals surface area contributed by atoms with Crippen LogP contribution in [-0.2, 0) is 4.74 Å². The number of nitrogens with zero attached hydrogens (tertiary/aromatic N) is 4. The van der Waals surface area contributed by atoms with Gasteiger partial charge in [0.1, 0.15) is 0 Å². The Balaban J connectivity index is 1.92. The minimum absolute atomic E-state index is 0.0344. The molecule has 0 radical (unpaired) electrons. The first-order valence-corrected chi connectivity index (χ1v) is 8.29. The van der Waals surface area contributed by atoms with Gasteiger partial charge in [0.2, 0.25) is 5.95 Å². The monoisotopic (exact) mass is 319 g/mol. The van der Waals surface area contributed by atoms with Crippen LogP contribution >= 0.6 is 0 Å². The Morgan fingerprint density at radius 1 is 1.30 bits per heavy atom. The maximum atomic E-state index is 12.9. The maximum absolute atomic E-state index is 12.9. The predicted octanol–water partition coefficient (Wildman–Crippen LogP) is 0.482. The van der Waals surface area contributed by atoms with Crippen LogP contribution in [0.2, 0.25) is 0 Å². The summed E-state index contributed by atoms with van der Waals surface area (Å²) in [5, 5.41) is 3.37. The maximum Gasteiger partial charge on any atom is 0.257 e. The first kappa shape index (κ1) is 16.1. The number of aromatic nitrogens is 2. The lowest BCUT2D eigenvalue weighted by atomic mass is 9.91. The lowest BCUT2D eigenvalue weighted by molar-refractivity contribution is 0.0301. The second-order valence-electron chi connectivity index (χ2n) is 6.29. The molecule has 0 bridgehead atoms. The molecule has 0 spiro atoms. The first-order valence-electron chi connectivity index (χ1n) is 8.29. The van der Waals surface area contributed by atoms with Crippen molar-refractivity contribution in [2.24, 2.45) is 0 Å². The SMILES string of the molecule is CN(C)c1ncc(C(=O)N2CCOCC2)c(C2CCNCC2)n1. The zero-order chi connectivity index (χ0) is 16.2. The molecule has 1 aromatic rings. The Kier molecular flexibility index (Phi) is 5.07. The van der Waals surface area contributed by atoms with Crippen molar-refractivity contribution < 1.29 is 9.53 Å². The van der Waals surface area contributed by atoms with Gasteiger partial charge in [0.05, 0.1) is 24.5 Å². The fraction of sp³-hybridized carbons (Fsp3) is 0.688. The van der Waals surface area contributed by atoms with E-state index in [1.807, 2.05) is 23.9 Å². The van der Waals surface area contributed by atoms with Gasteiger partial charge in [-0.05, 0) is 25.9 Å². The molecule has 0 atom stereocenters. The third-order valence-electron chi connectivity index (χ3n) is 4.46. The molecule has 1 N–H and O–H groups in total. The largest absolute Gasteiger partial charge is 0.378 e. The highest BCUT2D eigenvalue weighted by Gasteiger charge is 2.27. The van der Waals surface area contributed by atoms with E-state index in [4.69, 9.17) is 9.72 Å². The molecule has 3 rings (SSSR count). The van der Waals surface area contributed by atoms with E-state index in [9.17, 15) is 4.79 Å². The fourth-order valence-electron chi connectivity index (χ4n) is 3.11. The molecule has 1 amide bonds. The number of rotatable bonds is 3. The van der Waals surface area contributed by atoms with Crippen LogP contribution in [0.3, 0.4) is 0 Å². The van der Waals surface area contributed by atoms with Crippen LogP contribution in [0.4, 0.5) is 5.95 Å². The van der Waals surface area contributed by atoms with E-state index in [2.05, 4.69) is 10.3 Å². The highest BCUT2D eigenvalue weighted by Crippen LogP contribution is 2.28. The zero-order valence-corrected chi connectivity index (χ0v) is 13.9. The van der Waals surface area contributed by atoms with E-state index in [0.717, 1.165) is 31.6 Å². The van der Waals surface area contributed by atoms with Gasteiger partial charge in [-0.3, -0.25) is 4.79 Å². The molecule has 0 aliphatic carbocycles. The van der Waals surface area contributed by atoms with Gasteiger partial charge in [-0.2, -0.15) is 0 Å².